The number of benzene rings is 1. The van der Waals surface area contributed by atoms with Gasteiger partial charge in [-0.1, -0.05) is 42.4 Å². The van der Waals surface area contributed by atoms with E-state index < -0.39 is 0 Å². The summed E-state index contributed by atoms with van der Waals surface area (Å²) in [6.45, 7) is 6.87. The number of hydrogen-bond donors (Lipinski definition) is 0. The van der Waals surface area contributed by atoms with E-state index in [1.807, 2.05) is 43.8 Å². The van der Waals surface area contributed by atoms with Crippen LogP contribution in [0.5, 0.6) is 0 Å². The molecule has 1 aliphatic heterocycles. The van der Waals surface area contributed by atoms with Crippen LogP contribution < -0.4 is 0 Å². The highest BCUT2D eigenvalue weighted by Gasteiger charge is 2.33. The number of amides is 1. The third-order valence-corrected chi connectivity index (χ3v) is 5.93. The second-order valence-corrected chi connectivity index (χ2v) is 7.81. The van der Waals surface area contributed by atoms with E-state index in [1.165, 1.54) is 5.56 Å². The average Bonchev–Trinajstić information content (AvgIpc) is 2.91. The molecule has 0 saturated carbocycles. The molecule has 3 rings (SSSR count). The van der Waals surface area contributed by atoms with Crippen molar-refractivity contribution in [2.75, 3.05) is 12.3 Å². The Morgan fingerprint density at radius 2 is 2.08 bits per heavy atom. The molecule has 2 aromatic rings. The lowest BCUT2D eigenvalue weighted by Gasteiger charge is -2.40. The van der Waals surface area contributed by atoms with E-state index >= 15 is 0 Å². The molecule has 0 N–H and O–H groups in total. The first-order chi connectivity index (χ1) is 11.6. The van der Waals surface area contributed by atoms with Crippen LogP contribution in [0.2, 0.25) is 0 Å². The number of carbonyl (C=O) groups is 1. The maximum absolute atomic E-state index is 12.9. The third-order valence-electron chi connectivity index (χ3n) is 4.72. The quantitative estimate of drug-likeness (QED) is 0.843. The fourth-order valence-corrected chi connectivity index (χ4v) is 4.60. The highest BCUT2D eigenvalue weighted by Crippen LogP contribution is 2.36. The van der Waals surface area contributed by atoms with Crippen LogP contribution in [0.3, 0.4) is 0 Å². The Hall–Kier alpha value is -1.75. The molecule has 24 heavy (non-hydrogen) atoms. The van der Waals surface area contributed by atoms with Crippen LogP contribution in [-0.4, -0.2) is 33.5 Å². The Morgan fingerprint density at radius 1 is 1.33 bits per heavy atom. The van der Waals surface area contributed by atoms with E-state index in [0.29, 0.717) is 18.1 Å². The first kappa shape index (κ1) is 17.1. The summed E-state index contributed by atoms with van der Waals surface area (Å²) in [5, 5.41) is 4.38. The minimum absolute atomic E-state index is 0.155. The lowest BCUT2D eigenvalue weighted by atomic mass is 10.0. The van der Waals surface area contributed by atoms with Crippen LogP contribution in [0.25, 0.3) is 0 Å². The molecular weight excluding hydrogens is 320 g/mol. The summed E-state index contributed by atoms with van der Waals surface area (Å²) in [6.07, 6.45) is 1.20. The second-order valence-electron chi connectivity index (χ2n) is 6.32. The average molecular weight is 344 g/mol. The number of hydrogen-bond acceptors (Lipinski definition) is 4. The van der Waals surface area contributed by atoms with Gasteiger partial charge in [0.2, 0.25) is 5.91 Å². The molecule has 1 fully saturated rings. The smallest absolute Gasteiger partial charge is 0.223 e. The maximum atomic E-state index is 12.9. The van der Waals surface area contributed by atoms with Gasteiger partial charge in [-0.25, -0.2) is 0 Å². The van der Waals surface area contributed by atoms with Gasteiger partial charge in [0.1, 0.15) is 5.76 Å². The summed E-state index contributed by atoms with van der Waals surface area (Å²) in [6, 6.07) is 10.5. The Balaban J connectivity index is 1.74. The van der Waals surface area contributed by atoms with Crippen molar-refractivity contribution in [1.29, 1.82) is 0 Å². The zero-order valence-corrected chi connectivity index (χ0v) is 15.3. The van der Waals surface area contributed by atoms with Crippen molar-refractivity contribution < 1.29 is 9.32 Å². The Morgan fingerprint density at radius 3 is 2.75 bits per heavy atom. The van der Waals surface area contributed by atoms with Gasteiger partial charge >= 0.3 is 0 Å². The molecule has 5 heteroatoms. The van der Waals surface area contributed by atoms with Crippen molar-refractivity contribution in [3.63, 3.8) is 0 Å². The molecule has 2 heterocycles. The van der Waals surface area contributed by atoms with Gasteiger partial charge in [0.05, 0.1) is 11.7 Å². The van der Waals surface area contributed by atoms with Crippen molar-refractivity contribution in [1.82, 2.24) is 10.1 Å². The first-order valence-electron chi connectivity index (χ1n) is 8.45. The molecule has 0 radical (unpaired) electrons. The van der Waals surface area contributed by atoms with Gasteiger partial charge < -0.3 is 9.42 Å². The van der Waals surface area contributed by atoms with Crippen LogP contribution in [-0.2, 0) is 11.2 Å². The Labute approximate surface area is 147 Å². The second kappa shape index (κ2) is 7.43. The number of nitrogens with zero attached hydrogens (tertiary/aromatic N) is 2. The molecule has 0 bridgehead atoms. The molecule has 2 atom stereocenters. The molecule has 0 spiro atoms. The number of aryl methyl sites for hydroxylation is 2. The van der Waals surface area contributed by atoms with Crippen molar-refractivity contribution in [3.05, 3.63) is 52.9 Å². The zero-order valence-electron chi connectivity index (χ0n) is 14.5. The molecular formula is C19H24N2O2S. The Kier molecular flexibility index (Phi) is 5.29. The lowest BCUT2D eigenvalue weighted by Crippen LogP contribution is -2.44. The van der Waals surface area contributed by atoms with Gasteiger partial charge in [0.15, 0.2) is 0 Å². The fraction of sp³-hybridized carbons (Fsp3) is 0.474. The summed E-state index contributed by atoms with van der Waals surface area (Å²) >= 11 is 1.94. The predicted molar refractivity (Wildman–Crippen MR) is 97.1 cm³/mol. The van der Waals surface area contributed by atoms with Crippen molar-refractivity contribution >= 4 is 17.7 Å². The summed E-state index contributed by atoms with van der Waals surface area (Å²) < 4.78 is 5.20. The number of aromatic nitrogens is 1. The number of carbonyl (C=O) groups excluding carboxylic acids is 1. The topological polar surface area (TPSA) is 46.3 Å². The minimum atomic E-state index is 0.155. The minimum Gasteiger partial charge on any atom is -0.361 e. The van der Waals surface area contributed by atoms with E-state index in [1.54, 1.807) is 0 Å². The number of thioether (sulfide) groups is 1. The van der Waals surface area contributed by atoms with Crippen molar-refractivity contribution in [2.24, 2.45) is 0 Å². The molecule has 1 aromatic carbocycles. The van der Waals surface area contributed by atoms with E-state index in [9.17, 15) is 4.79 Å². The third kappa shape index (κ3) is 3.51. The highest BCUT2D eigenvalue weighted by atomic mass is 32.2. The van der Waals surface area contributed by atoms with Gasteiger partial charge in [-0.3, -0.25) is 4.79 Å². The molecule has 1 saturated heterocycles. The van der Waals surface area contributed by atoms with Gasteiger partial charge in [0, 0.05) is 29.5 Å². The number of rotatable bonds is 4. The molecule has 0 unspecified atom stereocenters. The van der Waals surface area contributed by atoms with Crippen LogP contribution >= 0.6 is 11.8 Å². The molecule has 4 nitrogen and oxygen atoms in total. The lowest BCUT2D eigenvalue weighted by molar-refractivity contribution is -0.133. The SMILES string of the molecule is Cc1noc(C)c1CCC(=O)N1CCS[C@H](C)[C@H]1c1ccccc1. The van der Waals surface area contributed by atoms with Gasteiger partial charge in [0.25, 0.3) is 0 Å². The van der Waals surface area contributed by atoms with E-state index in [4.69, 9.17) is 4.52 Å². The van der Waals surface area contributed by atoms with Gasteiger partial charge in [-0.2, -0.15) is 11.8 Å². The van der Waals surface area contributed by atoms with Crippen LogP contribution in [0.1, 0.15) is 42.0 Å². The highest BCUT2D eigenvalue weighted by molar-refractivity contribution is 8.00. The van der Waals surface area contributed by atoms with E-state index in [0.717, 1.165) is 29.3 Å². The van der Waals surface area contributed by atoms with Crippen molar-refractivity contribution in [3.8, 4) is 0 Å². The predicted octanol–water partition coefficient (Wildman–Crippen LogP) is 3.93. The largest absolute Gasteiger partial charge is 0.361 e. The van der Waals surface area contributed by atoms with Gasteiger partial charge in [-0.15, -0.1) is 0 Å². The summed E-state index contributed by atoms with van der Waals surface area (Å²) in [4.78, 5) is 15.0. The van der Waals surface area contributed by atoms with Crippen LogP contribution in [0, 0.1) is 13.8 Å². The van der Waals surface area contributed by atoms with Crippen LogP contribution in [0.15, 0.2) is 34.9 Å². The van der Waals surface area contributed by atoms with Gasteiger partial charge in [-0.05, 0) is 25.8 Å². The molecule has 1 aliphatic rings. The molecule has 128 valence electrons. The standard InChI is InChI=1S/C19H24N2O2S/c1-13-17(14(2)23-20-13)9-10-18(22)21-11-12-24-15(3)19(21)16-7-5-4-6-8-16/h4-8,15,19H,9-12H2,1-3H3/t15-,19+/m1/s1. The summed E-state index contributed by atoms with van der Waals surface area (Å²) in [5.41, 5.74) is 3.18. The van der Waals surface area contributed by atoms with Crippen molar-refractivity contribution in [2.45, 2.75) is 44.9 Å². The summed E-state index contributed by atoms with van der Waals surface area (Å²) in [5.74, 6) is 2.04. The first-order valence-corrected chi connectivity index (χ1v) is 9.50. The fourth-order valence-electron chi connectivity index (χ4n) is 3.44. The molecule has 1 aromatic heterocycles. The molecule has 0 aliphatic carbocycles. The summed E-state index contributed by atoms with van der Waals surface area (Å²) in [7, 11) is 0. The van der Waals surface area contributed by atoms with E-state index in [-0.39, 0.29) is 11.9 Å². The Bertz CT molecular complexity index is 679. The molecule has 1 amide bonds. The van der Waals surface area contributed by atoms with Crippen LogP contribution in [0.4, 0.5) is 0 Å². The normalized spacial score (nSPS) is 21.0. The van der Waals surface area contributed by atoms with E-state index in [2.05, 4.69) is 29.1 Å². The monoisotopic (exact) mass is 344 g/mol. The zero-order chi connectivity index (χ0) is 17.1. The maximum Gasteiger partial charge on any atom is 0.223 e.